The van der Waals surface area contributed by atoms with E-state index in [0.29, 0.717) is 0 Å². The molecule has 166 valence electrons. The van der Waals surface area contributed by atoms with Crippen molar-refractivity contribution in [2.45, 2.75) is 44.2 Å². The van der Waals surface area contributed by atoms with Gasteiger partial charge >= 0.3 is 5.92 Å². The van der Waals surface area contributed by atoms with Crippen LogP contribution in [0.4, 0.5) is 8.78 Å². The number of hydrogen-bond acceptors (Lipinski definition) is 4. The lowest BCUT2D eigenvalue weighted by atomic mass is 9.97. The van der Waals surface area contributed by atoms with Crippen molar-refractivity contribution in [1.82, 2.24) is 10.2 Å². The summed E-state index contributed by atoms with van der Waals surface area (Å²) < 4.78 is 54.4. The summed E-state index contributed by atoms with van der Waals surface area (Å²) in [6.07, 6.45) is -1.05. The van der Waals surface area contributed by atoms with Crippen LogP contribution in [0.5, 0.6) is 0 Å². The van der Waals surface area contributed by atoms with Crippen LogP contribution in [-0.2, 0) is 33.2 Å². The van der Waals surface area contributed by atoms with E-state index in [-0.39, 0.29) is 53.1 Å². The summed E-state index contributed by atoms with van der Waals surface area (Å²) in [5, 5.41) is 2.35. The smallest absolute Gasteiger partial charge is 0.322 e. The van der Waals surface area contributed by atoms with Crippen molar-refractivity contribution in [1.29, 1.82) is 0 Å². The molecule has 3 amide bonds. The summed E-state index contributed by atoms with van der Waals surface area (Å²) in [7, 11) is 0. The van der Waals surface area contributed by atoms with Crippen molar-refractivity contribution in [3.05, 3.63) is 69.7 Å². The number of alkyl halides is 2. The van der Waals surface area contributed by atoms with Gasteiger partial charge in [-0.15, -0.1) is 0 Å². The van der Waals surface area contributed by atoms with Crippen LogP contribution < -0.4 is 5.32 Å². The van der Waals surface area contributed by atoms with Crippen LogP contribution in [0.2, 0.25) is 5.02 Å². The average Bonchev–Trinajstić information content (AvgIpc) is 3.03. The van der Waals surface area contributed by atoms with Gasteiger partial charge in [0.1, 0.15) is 6.04 Å². The standard InChI is InChI=1S/C23H19ClF2N2O4/c24-16-5-3-15(4-6-16)23(25,26)19(29)9-2-13-1-7-17-14(11-13)12-28(22(17)32)18-8-10-20(30)27-21(18)31/h1,3-7,11,18H,2,8-10,12H2,(H,27,30,31)/i1D,11D,12D. The second-order valence-corrected chi connectivity index (χ2v) is 7.97. The maximum Gasteiger partial charge on any atom is 0.330 e. The number of rotatable bonds is 6. The maximum atomic E-state index is 14.6. The number of fused-ring (bicyclic) bond motifs is 1. The van der Waals surface area contributed by atoms with Crippen LogP contribution in [0, 0.1) is 0 Å². The minimum Gasteiger partial charge on any atom is -0.322 e. The Bertz CT molecular complexity index is 1260. The number of piperidine rings is 1. The van der Waals surface area contributed by atoms with Crippen LogP contribution in [0.3, 0.4) is 0 Å². The SMILES string of the molecule is [2H]c1cc2c(c([2H])c1CCC(=O)C(F)(F)c1ccc(Cl)cc1)C([2H])N(C1CCC(=O)NC1=O)C2=O. The second-order valence-electron chi connectivity index (χ2n) is 7.53. The number of benzene rings is 2. The van der Waals surface area contributed by atoms with Gasteiger partial charge < -0.3 is 4.90 Å². The van der Waals surface area contributed by atoms with Crippen molar-refractivity contribution in [3.63, 3.8) is 0 Å². The van der Waals surface area contributed by atoms with Gasteiger partial charge in [-0.05, 0) is 42.2 Å². The summed E-state index contributed by atoms with van der Waals surface area (Å²) in [5.41, 5.74) is -0.761. The number of nitrogens with one attached hydrogen (secondary N) is 1. The maximum absolute atomic E-state index is 14.6. The quantitative estimate of drug-likeness (QED) is 0.665. The molecule has 0 saturated carbocycles. The third-order valence-corrected chi connectivity index (χ3v) is 5.66. The van der Waals surface area contributed by atoms with Gasteiger partial charge in [-0.1, -0.05) is 35.8 Å². The summed E-state index contributed by atoms with van der Waals surface area (Å²) >= 11 is 5.71. The predicted octanol–water partition coefficient (Wildman–Crippen LogP) is 3.39. The van der Waals surface area contributed by atoms with E-state index in [4.69, 9.17) is 15.7 Å². The van der Waals surface area contributed by atoms with Crippen molar-refractivity contribution < 1.29 is 32.1 Å². The third-order valence-electron chi connectivity index (χ3n) is 5.40. The summed E-state index contributed by atoms with van der Waals surface area (Å²) in [6, 6.07) is 3.92. The van der Waals surface area contributed by atoms with E-state index >= 15 is 0 Å². The van der Waals surface area contributed by atoms with Crippen LogP contribution in [0.25, 0.3) is 0 Å². The molecule has 32 heavy (non-hydrogen) atoms. The minimum absolute atomic E-state index is 0.0159. The van der Waals surface area contributed by atoms with Gasteiger partial charge in [0.25, 0.3) is 5.91 Å². The van der Waals surface area contributed by atoms with Gasteiger partial charge in [-0.25, -0.2) is 0 Å². The molecule has 2 aromatic carbocycles. The van der Waals surface area contributed by atoms with E-state index in [0.717, 1.165) is 23.1 Å². The van der Waals surface area contributed by atoms with Crippen molar-refractivity contribution in [3.8, 4) is 0 Å². The number of nitrogens with zero attached hydrogens (tertiary/aromatic N) is 1. The van der Waals surface area contributed by atoms with E-state index in [1.54, 1.807) is 0 Å². The van der Waals surface area contributed by atoms with Gasteiger partial charge in [0.05, 0.1) is 4.11 Å². The van der Waals surface area contributed by atoms with Gasteiger partial charge in [-0.3, -0.25) is 24.5 Å². The van der Waals surface area contributed by atoms with E-state index in [1.165, 1.54) is 12.1 Å². The Balaban J connectivity index is 1.57. The lowest BCUT2D eigenvalue weighted by Gasteiger charge is -2.29. The first-order chi connectivity index (χ1) is 16.4. The van der Waals surface area contributed by atoms with Crippen LogP contribution in [0.15, 0.2) is 42.4 Å². The average molecular weight is 464 g/mol. The first-order valence-electron chi connectivity index (χ1n) is 11.4. The highest BCUT2D eigenvalue weighted by Crippen LogP contribution is 2.32. The predicted molar refractivity (Wildman–Crippen MR) is 111 cm³/mol. The Hall–Kier alpha value is -3.13. The summed E-state index contributed by atoms with van der Waals surface area (Å²) in [4.78, 5) is 49.9. The molecule has 2 aliphatic rings. The molecule has 2 aliphatic heterocycles. The van der Waals surface area contributed by atoms with E-state index in [9.17, 15) is 28.0 Å². The highest BCUT2D eigenvalue weighted by molar-refractivity contribution is 6.30. The van der Waals surface area contributed by atoms with Crippen LogP contribution >= 0.6 is 11.6 Å². The molecule has 9 heteroatoms. The van der Waals surface area contributed by atoms with Gasteiger partial charge in [0.2, 0.25) is 17.6 Å². The molecule has 1 N–H and O–H groups in total. The zero-order valence-electron chi connectivity index (χ0n) is 19.6. The molecule has 1 saturated heterocycles. The van der Waals surface area contributed by atoms with E-state index in [1.807, 2.05) is 0 Å². The largest absolute Gasteiger partial charge is 0.330 e. The lowest BCUT2D eigenvalue weighted by molar-refractivity contribution is -0.144. The number of Topliss-reactive ketones (excluding diaryl/α,β-unsaturated/α-hetero) is 1. The third kappa shape index (κ3) is 4.14. The fraction of sp³-hybridized carbons (Fsp3) is 0.304. The summed E-state index contributed by atoms with van der Waals surface area (Å²) in [5.74, 6) is -7.17. The molecule has 1 fully saturated rings. The molecule has 0 bridgehead atoms. The molecule has 0 aliphatic carbocycles. The van der Waals surface area contributed by atoms with Crippen LogP contribution in [-0.4, -0.2) is 34.4 Å². The Morgan fingerprint density at radius 3 is 2.66 bits per heavy atom. The van der Waals surface area contributed by atoms with E-state index < -0.39 is 54.0 Å². The fourth-order valence-electron chi connectivity index (χ4n) is 3.65. The van der Waals surface area contributed by atoms with Gasteiger partial charge in [0.15, 0.2) is 0 Å². The number of carbonyl (C=O) groups excluding carboxylic acids is 4. The summed E-state index contributed by atoms with van der Waals surface area (Å²) in [6.45, 7) is -1.46. The highest BCUT2D eigenvalue weighted by atomic mass is 35.5. The molecule has 2 aromatic rings. The second kappa shape index (κ2) is 8.43. The first-order valence-corrected chi connectivity index (χ1v) is 10.2. The van der Waals surface area contributed by atoms with E-state index in [2.05, 4.69) is 5.32 Å². The molecule has 0 aromatic heterocycles. The van der Waals surface area contributed by atoms with Crippen molar-refractivity contribution in [2.24, 2.45) is 0 Å². The molecule has 2 unspecified atom stereocenters. The number of halogens is 3. The highest BCUT2D eigenvalue weighted by Gasteiger charge is 2.41. The molecule has 0 spiro atoms. The van der Waals surface area contributed by atoms with Crippen molar-refractivity contribution in [2.75, 3.05) is 0 Å². The molecule has 0 radical (unpaired) electrons. The molecular weight excluding hydrogens is 442 g/mol. The number of ketones is 1. The Morgan fingerprint density at radius 1 is 1.25 bits per heavy atom. The van der Waals surface area contributed by atoms with Crippen LogP contribution in [0.1, 0.15) is 50.4 Å². The number of amides is 3. The molecule has 2 atom stereocenters. The van der Waals surface area contributed by atoms with Gasteiger partial charge in [0, 0.05) is 35.5 Å². The molecule has 6 nitrogen and oxygen atoms in total. The molecule has 4 rings (SSSR count). The molecule has 2 heterocycles. The van der Waals surface area contributed by atoms with Crippen molar-refractivity contribution >= 4 is 35.1 Å². The normalized spacial score (nSPS) is 22.2. The monoisotopic (exact) mass is 463 g/mol. The topological polar surface area (TPSA) is 83.6 Å². The lowest BCUT2D eigenvalue weighted by Crippen LogP contribution is -2.52. The Morgan fingerprint density at radius 2 is 1.97 bits per heavy atom. The zero-order chi connectivity index (χ0) is 25.7. The first kappa shape index (κ1) is 18.4. The Labute approximate surface area is 191 Å². The van der Waals surface area contributed by atoms with Gasteiger partial charge in [-0.2, -0.15) is 8.78 Å². The minimum atomic E-state index is -3.80. The fourth-order valence-corrected chi connectivity index (χ4v) is 3.77. The number of imide groups is 1. The molecular formula is C23H19ClF2N2O4. The number of hydrogen-bond donors (Lipinski definition) is 1. The Kier molecular flexibility index (Phi) is 4.86. The number of carbonyl (C=O) groups is 4. The zero-order valence-corrected chi connectivity index (χ0v) is 17.3.